The van der Waals surface area contributed by atoms with E-state index >= 15 is 0 Å². The van der Waals surface area contributed by atoms with Crippen LogP contribution in [0, 0.1) is 17.5 Å². The number of benzene rings is 2. The number of hydrogen-bond donors (Lipinski definition) is 2. The van der Waals surface area contributed by atoms with Crippen molar-refractivity contribution >= 4 is 28.9 Å². The molecule has 4 rings (SSSR count). The van der Waals surface area contributed by atoms with E-state index in [0.29, 0.717) is 17.1 Å². The van der Waals surface area contributed by atoms with Gasteiger partial charge in [0, 0.05) is 41.4 Å². The van der Waals surface area contributed by atoms with Crippen LogP contribution in [0.15, 0.2) is 66.4 Å². The molecule has 0 aliphatic heterocycles. The molecule has 0 aliphatic carbocycles. The summed E-state index contributed by atoms with van der Waals surface area (Å²) in [4.78, 5) is 42.2. The standard InChI is InChI=1S/C25H20F3N5O3S/c26-18-10-20(28)19(27)9-17(18)16-11-31-33(13-16)14-22(34)32-21(8-15-4-2-1-3-5-15)24(35)25(36)30-12-23-29-6-7-37-23/h1-7,9-11,13,21H,8,12,14H2,(H,30,36)(H,32,34)/t21-/m1/s1. The molecule has 190 valence electrons. The van der Waals surface area contributed by atoms with Gasteiger partial charge in [-0.2, -0.15) is 5.10 Å². The third kappa shape index (κ3) is 6.67. The van der Waals surface area contributed by atoms with Gasteiger partial charge in [0.1, 0.15) is 23.4 Å². The number of nitrogens with zero attached hydrogens (tertiary/aromatic N) is 3. The van der Waals surface area contributed by atoms with E-state index < -0.39 is 41.1 Å². The van der Waals surface area contributed by atoms with Crippen LogP contribution in [0.4, 0.5) is 13.2 Å². The van der Waals surface area contributed by atoms with Crippen LogP contribution in [0.2, 0.25) is 0 Å². The summed E-state index contributed by atoms with van der Waals surface area (Å²) in [5.74, 6) is -5.87. The minimum Gasteiger partial charge on any atom is -0.344 e. The van der Waals surface area contributed by atoms with E-state index in [4.69, 9.17) is 0 Å². The first-order valence-corrected chi connectivity index (χ1v) is 11.9. The zero-order chi connectivity index (χ0) is 26.4. The van der Waals surface area contributed by atoms with E-state index in [-0.39, 0.29) is 30.6 Å². The first kappa shape index (κ1) is 25.8. The molecule has 2 amide bonds. The maximum atomic E-state index is 14.1. The maximum absolute atomic E-state index is 14.1. The first-order valence-electron chi connectivity index (χ1n) is 11.0. The Morgan fingerprint density at radius 2 is 1.78 bits per heavy atom. The lowest BCUT2D eigenvalue weighted by Crippen LogP contribution is -2.49. The minimum absolute atomic E-state index is 0.0700. The van der Waals surface area contributed by atoms with E-state index in [9.17, 15) is 27.6 Å². The number of aromatic nitrogens is 3. The molecule has 0 aliphatic rings. The van der Waals surface area contributed by atoms with Gasteiger partial charge in [-0.1, -0.05) is 30.3 Å². The van der Waals surface area contributed by atoms with E-state index in [2.05, 4.69) is 20.7 Å². The molecule has 0 bridgehead atoms. The Kier molecular flexibility index (Phi) is 8.08. The molecule has 8 nitrogen and oxygen atoms in total. The van der Waals surface area contributed by atoms with E-state index in [1.165, 1.54) is 23.7 Å². The van der Waals surface area contributed by atoms with Crippen molar-refractivity contribution in [3.63, 3.8) is 0 Å². The molecule has 2 aromatic heterocycles. The molecular weight excluding hydrogens is 507 g/mol. The Labute approximate surface area is 213 Å². The summed E-state index contributed by atoms with van der Waals surface area (Å²) in [6.07, 6.45) is 4.13. The number of Topliss-reactive ketones (excluding diaryl/α,β-unsaturated/α-hetero) is 1. The summed E-state index contributed by atoms with van der Waals surface area (Å²) in [6, 6.07) is 8.81. The highest BCUT2D eigenvalue weighted by Gasteiger charge is 2.27. The van der Waals surface area contributed by atoms with Gasteiger partial charge in [0.05, 0.1) is 12.7 Å². The lowest BCUT2D eigenvalue weighted by atomic mass is 10.0. The monoisotopic (exact) mass is 527 g/mol. The molecule has 0 unspecified atom stereocenters. The van der Waals surface area contributed by atoms with Crippen molar-refractivity contribution in [2.24, 2.45) is 0 Å². The molecule has 0 saturated heterocycles. The molecule has 2 heterocycles. The highest BCUT2D eigenvalue weighted by molar-refractivity contribution is 7.09. The third-order valence-electron chi connectivity index (χ3n) is 5.30. The van der Waals surface area contributed by atoms with Crippen LogP contribution in [0.3, 0.4) is 0 Å². The van der Waals surface area contributed by atoms with Crippen LogP contribution in [-0.2, 0) is 33.9 Å². The van der Waals surface area contributed by atoms with Crippen molar-refractivity contribution in [3.05, 3.63) is 94.5 Å². The first-order chi connectivity index (χ1) is 17.8. The van der Waals surface area contributed by atoms with Gasteiger partial charge in [-0.3, -0.25) is 19.1 Å². The molecule has 0 radical (unpaired) electrons. The van der Waals surface area contributed by atoms with Crippen LogP contribution in [-0.4, -0.2) is 38.4 Å². The number of hydrogen-bond acceptors (Lipinski definition) is 6. The molecule has 1 atom stereocenters. The summed E-state index contributed by atoms with van der Waals surface area (Å²) in [5.41, 5.74) is 0.631. The zero-order valence-electron chi connectivity index (χ0n) is 19.2. The van der Waals surface area contributed by atoms with Crippen molar-refractivity contribution in [1.82, 2.24) is 25.4 Å². The molecule has 2 N–H and O–H groups in total. The number of thiazole rings is 1. The molecule has 2 aromatic carbocycles. The SMILES string of the molecule is O=C(Cn1cc(-c2cc(F)c(F)cc2F)cn1)N[C@H](Cc1ccccc1)C(=O)C(=O)NCc1nccs1. The number of halogens is 3. The van der Waals surface area contributed by atoms with Gasteiger partial charge in [0.2, 0.25) is 11.7 Å². The van der Waals surface area contributed by atoms with Crippen LogP contribution in [0.25, 0.3) is 11.1 Å². The molecule has 0 fully saturated rings. The quantitative estimate of drug-likeness (QED) is 0.244. The highest BCUT2D eigenvalue weighted by atomic mass is 32.1. The van der Waals surface area contributed by atoms with Gasteiger partial charge in [0.15, 0.2) is 11.6 Å². The lowest BCUT2D eigenvalue weighted by molar-refractivity contribution is -0.140. The normalized spacial score (nSPS) is 11.6. The average molecular weight is 528 g/mol. The Hall–Kier alpha value is -4.32. The smallest absolute Gasteiger partial charge is 0.289 e. The van der Waals surface area contributed by atoms with Gasteiger partial charge in [0.25, 0.3) is 5.91 Å². The average Bonchev–Trinajstić information content (AvgIpc) is 3.57. The predicted molar refractivity (Wildman–Crippen MR) is 129 cm³/mol. The second-order valence-corrected chi connectivity index (χ2v) is 8.93. The van der Waals surface area contributed by atoms with E-state index in [0.717, 1.165) is 10.2 Å². The Balaban J connectivity index is 1.44. The number of rotatable bonds is 10. The molecule has 37 heavy (non-hydrogen) atoms. The van der Waals surface area contributed by atoms with Crippen LogP contribution < -0.4 is 10.6 Å². The number of carbonyl (C=O) groups is 3. The number of ketones is 1. The number of amides is 2. The fourth-order valence-electron chi connectivity index (χ4n) is 3.52. The minimum atomic E-state index is -1.32. The van der Waals surface area contributed by atoms with Crippen molar-refractivity contribution in [1.29, 1.82) is 0 Å². The molecule has 0 saturated carbocycles. The highest BCUT2D eigenvalue weighted by Crippen LogP contribution is 2.24. The van der Waals surface area contributed by atoms with Gasteiger partial charge >= 0.3 is 0 Å². The van der Waals surface area contributed by atoms with Gasteiger partial charge in [-0.25, -0.2) is 18.2 Å². The topological polar surface area (TPSA) is 106 Å². The zero-order valence-corrected chi connectivity index (χ0v) is 20.0. The summed E-state index contributed by atoms with van der Waals surface area (Å²) in [7, 11) is 0. The summed E-state index contributed by atoms with van der Waals surface area (Å²) in [6.45, 7) is -0.296. The largest absolute Gasteiger partial charge is 0.344 e. The summed E-state index contributed by atoms with van der Waals surface area (Å²) >= 11 is 1.32. The van der Waals surface area contributed by atoms with Crippen LogP contribution in [0.5, 0.6) is 0 Å². The second kappa shape index (κ2) is 11.6. The maximum Gasteiger partial charge on any atom is 0.289 e. The molecular formula is C25H20F3N5O3S. The van der Waals surface area contributed by atoms with Crippen molar-refractivity contribution in [2.75, 3.05) is 0 Å². The summed E-state index contributed by atoms with van der Waals surface area (Å²) < 4.78 is 42.0. The molecule has 12 heteroatoms. The predicted octanol–water partition coefficient (Wildman–Crippen LogP) is 3.04. The molecule has 0 spiro atoms. The summed E-state index contributed by atoms with van der Waals surface area (Å²) in [5, 5.41) is 11.4. The Morgan fingerprint density at radius 3 is 2.51 bits per heavy atom. The number of nitrogens with one attached hydrogen (secondary N) is 2. The van der Waals surface area contributed by atoms with Gasteiger partial charge < -0.3 is 10.6 Å². The molecule has 4 aromatic rings. The second-order valence-electron chi connectivity index (χ2n) is 7.96. The Morgan fingerprint density at radius 1 is 1.03 bits per heavy atom. The fourth-order valence-corrected chi connectivity index (χ4v) is 4.08. The fraction of sp³-hybridized carbons (Fsp3) is 0.160. The Bertz CT molecular complexity index is 1410. The van der Waals surface area contributed by atoms with Crippen LogP contribution >= 0.6 is 11.3 Å². The van der Waals surface area contributed by atoms with Crippen LogP contribution in [0.1, 0.15) is 10.6 Å². The number of carbonyl (C=O) groups excluding carboxylic acids is 3. The van der Waals surface area contributed by atoms with E-state index in [1.807, 2.05) is 0 Å². The van der Waals surface area contributed by atoms with Crippen molar-refractivity contribution < 1.29 is 27.6 Å². The lowest BCUT2D eigenvalue weighted by Gasteiger charge is -2.17. The van der Waals surface area contributed by atoms with E-state index in [1.54, 1.807) is 41.9 Å². The third-order valence-corrected chi connectivity index (χ3v) is 6.08. The van der Waals surface area contributed by atoms with Gasteiger partial charge in [-0.05, 0) is 11.6 Å². The van der Waals surface area contributed by atoms with Gasteiger partial charge in [-0.15, -0.1) is 11.3 Å². The van der Waals surface area contributed by atoms with Crippen molar-refractivity contribution in [2.45, 2.75) is 25.6 Å². The van der Waals surface area contributed by atoms with Crippen molar-refractivity contribution in [3.8, 4) is 11.1 Å².